The van der Waals surface area contributed by atoms with E-state index < -0.39 is 12.0 Å². The third kappa shape index (κ3) is 3.55. The molecule has 2 aliphatic rings. The Balaban J connectivity index is 1.48. The molecule has 6 heteroatoms. The Hall–Kier alpha value is -3.83. The predicted octanol–water partition coefficient (Wildman–Crippen LogP) is 7.37. The molecule has 0 radical (unpaired) electrons. The number of fused-ring (bicyclic) bond motifs is 4. The molecule has 2 heterocycles. The fourth-order valence-electron chi connectivity index (χ4n) is 5.36. The van der Waals surface area contributed by atoms with E-state index in [0.717, 1.165) is 39.6 Å². The number of aromatic carboxylic acids is 1. The van der Waals surface area contributed by atoms with Gasteiger partial charge in [0.25, 0.3) is 0 Å². The summed E-state index contributed by atoms with van der Waals surface area (Å²) in [5.41, 5.74) is 4.55. The number of allylic oxidation sites excluding steroid dienone is 1. The molecular weight excluding hydrogens is 462 g/mol. The molecule has 2 N–H and O–H groups in total. The molecule has 1 aromatic heterocycles. The zero-order valence-electron chi connectivity index (χ0n) is 19.0. The van der Waals surface area contributed by atoms with E-state index >= 15 is 0 Å². The van der Waals surface area contributed by atoms with Crippen molar-refractivity contribution < 1.29 is 19.1 Å². The van der Waals surface area contributed by atoms with Gasteiger partial charge in [0.1, 0.15) is 17.6 Å². The molecule has 0 saturated heterocycles. The quantitative estimate of drug-likeness (QED) is 0.318. The number of carbonyl (C=O) groups excluding carboxylic acids is 1. The van der Waals surface area contributed by atoms with Crippen molar-refractivity contribution in [2.45, 2.75) is 25.8 Å². The number of furan rings is 1. The number of rotatable bonds is 3. The van der Waals surface area contributed by atoms with Crippen molar-refractivity contribution in [1.29, 1.82) is 0 Å². The van der Waals surface area contributed by atoms with Gasteiger partial charge in [0, 0.05) is 28.8 Å². The Kier molecular flexibility index (Phi) is 5.04. The number of carbonyl (C=O) groups is 2. The van der Waals surface area contributed by atoms with Gasteiger partial charge >= 0.3 is 5.97 Å². The number of Topliss-reactive ketones (excluding diaryl/α,β-unsaturated/α-hetero) is 1. The zero-order chi connectivity index (χ0) is 24.3. The maximum absolute atomic E-state index is 13.4. The number of carboxylic acids is 1. The van der Waals surface area contributed by atoms with Crippen molar-refractivity contribution in [1.82, 2.24) is 0 Å². The molecule has 0 spiro atoms. The molecular formula is C29H22ClNO4. The highest BCUT2D eigenvalue weighted by atomic mass is 35.5. The second-order valence-electron chi connectivity index (χ2n) is 9.32. The monoisotopic (exact) mass is 483 g/mol. The van der Waals surface area contributed by atoms with Crippen LogP contribution in [0.4, 0.5) is 5.69 Å². The van der Waals surface area contributed by atoms with Crippen LogP contribution in [0.2, 0.25) is 5.02 Å². The Labute approximate surface area is 207 Å². The first-order valence-corrected chi connectivity index (χ1v) is 12.0. The highest BCUT2D eigenvalue weighted by Gasteiger charge is 2.38. The third-order valence-electron chi connectivity index (χ3n) is 6.92. The summed E-state index contributed by atoms with van der Waals surface area (Å²) in [7, 11) is 0. The molecule has 1 aliphatic carbocycles. The lowest BCUT2D eigenvalue weighted by Crippen LogP contribution is -2.29. The van der Waals surface area contributed by atoms with Crippen molar-refractivity contribution in [3.05, 3.63) is 94.2 Å². The van der Waals surface area contributed by atoms with Gasteiger partial charge in [-0.15, -0.1) is 0 Å². The van der Waals surface area contributed by atoms with Crippen LogP contribution >= 0.6 is 11.6 Å². The van der Waals surface area contributed by atoms with Gasteiger partial charge in [-0.3, -0.25) is 4.79 Å². The molecule has 174 valence electrons. The largest absolute Gasteiger partial charge is 0.478 e. The second-order valence-corrected chi connectivity index (χ2v) is 9.72. The van der Waals surface area contributed by atoms with Crippen LogP contribution < -0.4 is 5.32 Å². The number of benzene rings is 3. The first kappa shape index (κ1) is 21.7. The molecule has 3 aromatic carbocycles. The van der Waals surface area contributed by atoms with E-state index in [1.54, 1.807) is 18.2 Å². The standard InChI is InChI=1S/C29H22ClNO4/c1-15-12-20-26-18-5-3-2-4-16(18)7-9-22(26)31-28(27(20)23(32)13-15)25-11-10-24(35-25)17-6-8-21(30)19(14-17)29(33)34/h2-11,14-15,28,31H,12-13H2,1H3,(H,33,34)/t15-,28-/m0/s1. The molecule has 0 fully saturated rings. The van der Waals surface area contributed by atoms with Crippen LogP contribution in [-0.2, 0) is 4.79 Å². The minimum atomic E-state index is -1.10. The summed E-state index contributed by atoms with van der Waals surface area (Å²) in [5, 5.41) is 15.4. The molecule has 5 nitrogen and oxygen atoms in total. The lowest BCUT2D eigenvalue weighted by atomic mass is 9.74. The van der Waals surface area contributed by atoms with Crippen molar-refractivity contribution in [2.24, 2.45) is 5.92 Å². The first-order chi connectivity index (χ1) is 16.9. The average Bonchev–Trinajstić information content (AvgIpc) is 3.33. The van der Waals surface area contributed by atoms with Crippen LogP contribution in [0, 0.1) is 5.92 Å². The molecule has 0 bridgehead atoms. The smallest absolute Gasteiger partial charge is 0.337 e. The third-order valence-corrected chi connectivity index (χ3v) is 7.25. The van der Waals surface area contributed by atoms with Crippen LogP contribution in [0.5, 0.6) is 0 Å². The van der Waals surface area contributed by atoms with Gasteiger partial charge in [0.05, 0.1) is 10.6 Å². The van der Waals surface area contributed by atoms with Gasteiger partial charge in [0.2, 0.25) is 0 Å². The van der Waals surface area contributed by atoms with E-state index in [-0.39, 0.29) is 22.3 Å². The van der Waals surface area contributed by atoms with Crippen LogP contribution in [-0.4, -0.2) is 16.9 Å². The van der Waals surface area contributed by atoms with E-state index in [9.17, 15) is 14.7 Å². The van der Waals surface area contributed by atoms with Gasteiger partial charge in [-0.25, -0.2) is 4.79 Å². The van der Waals surface area contributed by atoms with E-state index in [4.69, 9.17) is 16.0 Å². The lowest BCUT2D eigenvalue weighted by molar-refractivity contribution is -0.116. The number of halogens is 1. The van der Waals surface area contributed by atoms with Gasteiger partial charge in [0.15, 0.2) is 5.78 Å². The number of carboxylic acid groups (broad SMARTS) is 1. The molecule has 0 saturated carbocycles. The van der Waals surface area contributed by atoms with Crippen LogP contribution in [0.3, 0.4) is 0 Å². The minimum absolute atomic E-state index is 0.0140. The van der Waals surface area contributed by atoms with Gasteiger partial charge in [-0.1, -0.05) is 48.9 Å². The Morgan fingerprint density at radius 2 is 1.89 bits per heavy atom. The van der Waals surface area contributed by atoms with Crippen LogP contribution in [0.15, 0.2) is 76.7 Å². The number of anilines is 1. The number of hydrogen-bond acceptors (Lipinski definition) is 4. The molecule has 35 heavy (non-hydrogen) atoms. The SMILES string of the molecule is C[C@@H]1CC(=O)C2=C(C1)c1c(ccc3ccccc13)N[C@H]2c1ccc(-c2ccc(Cl)c(C(=O)O)c2)o1. The fraction of sp³-hybridized carbons (Fsp3) is 0.172. The zero-order valence-corrected chi connectivity index (χ0v) is 19.7. The van der Waals surface area contributed by atoms with Crippen LogP contribution in [0.1, 0.15) is 47.5 Å². The van der Waals surface area contributed by atoms with Crippen molar-refractivity contribution in [3.63, 3.8) is 0 Å². The summed E-state index contributed by atoms with van der Waals surface area (Å²) in [6, 6.07) is 20.4. The lowest BCUT2D eigenvalue weighted by Gasteiger charge is -2.35. The van der Waals surface area contributed by atoms with E-state index in [0.29, 0.717) is 23.5 Å². The molecule has 0 amide bonds. The Bertz CT molecular complexity index is 1560. The van der Waals surface area contributed by atoms with E-state index in [2.05, 4.69) is 36.5 Å². The second kappa shape index (κ2) is 8.14. The summed E-state index contributed by atoms with van der Waals surface area (Å²) in [6.07, 6.45) is 1.33. The molecule has 0 unspecified atom stereocenters. The Morgan fingerprint density at radius 1 is 1.06 bits per heavy atom. The number of nitrogens with one attached hydrogen (secondary N) is 1. The summed E-state index contributed by atoms with van der Waals surface area (Å²) in [5.74, 6) is 0.429. The van der Waals surface area contributed by atoms with Crippen molar-refractivity contribution >= 4 is 45.4 Å². The highest BCUT2D eigenvalue weighted by molar-refractivity contribution is 6.33. The van der Waals surface area contributed by atoms with Gasteiger partial charge in [-0.2, -0.15) is 0 Å². The predicted molar refractivity (Wildman–Crippen MR) is 137 cm³/mol. The van der Waals surface area contributed by atoms with E-state index in [1.165, 1.54) is 6.07 Å². The average molecular weight is 484 g/mol. The van der Waals surface area contributed by atoms with E-state index in [1.807, 2.05) is 18.2 Å². The first-order valence-electron chi connectivity index (χ1n) is 11.6. The topological polar surface area (TPSA) is 79.5 Å². The number of ketones is 1. The van der Waals surface area contributed by atoms with Crippen molar-refractivity contribution in [3.8, 4) is 11.3 Å². The molecule has 4 aromatic rings. The van der Waals surface area contributed by atoms with Crippen LogP contribution in [0.25, 0.3) is 27.7 Å². The normalized spacial score (nSPS) is 19.3. The van der Waals surface area contributed by atoms with Gasteiger partial charge < -0.3 is 14.8 Å². The maximum atomic E-state index is 13.4. The summed E-state index contributed by atoms with van der Waals surface area (Å²) < 4.78 is 6.23. The number of hydrogen-bond donors (Lipinski definition) is 2. The highest BCUT2D eigenvalue weighted by Crippen LogP contribution is 2.49. The molecule has 1 aliphatic heterocycles. The van der Waals surface area contributed by atoms with Crippen molar-refractivity contribution in [2.75, 3.05) is 5.32 Å². The summed E-state index contributed by atoms with van der Waals surface area (Å²) in [4.78, 5) is 24.9. The maximum Gasteiger partial charge on any atom is 0.337 e. The van der Waals surface area contributed by atoms with Gasteiger partial charge in [-0.05, 0) is 65.1 Å². The fourth-order valence-corrected chi connectivity index (χ4v) is 5.56. The summed E-state index contributed by atoms with van der Waals surface area (Å²) >= 11 is 6.03. The molecule has 6 rings (SSSR count). The Morgan fingerprint density at radius 3 is 2.71 bits per heavy atom. The minimum Gasteiger partial charge on any atom is -0.478 e. The summed E-state index contributed by atoms with van der Waals surface area (Å²) in [6.45, 7) is 2.12. The molecule has 2 atom stereocenters.